The van der Waals surface area contributed by atoms with Crippen LogP contribution in [0.4, 0.5) is 10.2 Å². The van der Waals surface area contributed by atoms with E-state index in [0.717, 1.165) is 5.56 Å². The third-order valence-electron chi connectivity index (χ3n) is 5.44. The highest BCUT2D eigenvalue weighted by molar-refractivity contribution is 6.00. The number of ether oxygens (including phenoxy) is 1. The van der Waals surface area contributed by atoms with Crippen LogP contribution in [0.3, 0.4) is 0 Å². The number of benzene rings is 1. The summed E-state index contributed by atoms with van der Waals surface area (Å²) in [4.78, 5) is 19.2. The van der Waals surface area contributed by atoms with Crippen molar-refractivity contribution in [3.05, 3.63) is 69.7 Å². The first-order valence-electron chi connectivity index (χ1n) is 9.68. The molecule has 0 saturated carbocycles. The molecule has 1 aromatic carbocycles. The van der Waals surface area contributed by atoms with Crippen molar-refractivity contribution in [3.8, 4) is 23.1 Å². The van der Waals surface area contributed by atoms with E-state index in [1.165, 1.54) is 12.1 Å². The summed E-state index contributed by atoms with van der Waals surface area (Å²) in [5.74, 6) is 0.916. The van der Waals surface area contributed by atoms with E-state index in [1.807, 2.05) is 6.07 Å². The summed E-state index contributed by atoms with van der Waals surface area (Å²) in [5.41, 5.74) is 2.74. The van der Waals surface area contributed by atoms with E-state index in [9.17, 15) is 9.18 Å². The molecular weight excluding hydrogens is 399 g/mol. The van der Waals surface area contributed by atoms with Crippen LogP contribution < -0.4 is 15.6 Å². The van der Waals surface area contributed by atoms with Gasteiger partial charge in [0.2, 0.25) is 5.56 Å². The highest BCUT2D eigenvalue weighted by atomic mass is 19.1. The largest absolute Gasteiger partial charge is 0.493 e. The second kappa shape index (κ2) is 7.25. The molecule has 0 aliphatic carbocycles. The number of nitrogens with zero attached hydrogens (tertiary/aromatic N) is 4. The zero-order valence-corrected chi connectivity index (χ0v) is 16.6. The Bertz CT molecular complexity index is 1430. The summed E-state index contributed by atoms with van der Waals surface area (Å²) in [7, 11) is 1.72. The van der Waals surface area contributed by atoms with Gasteiger partial charge in [-0.25, -0.2) is 9.37 Å². The van der Waals surface area contributed by atoms with Gasteiger partial charge >= 0.3 is 0 Å². The first kappa shape index (κ1) is 18.8. The molecule has 0 radical (unpaired) electrons. The van der Waals surface area contributed by atoms with Crippen LogP contribution in [0.1, 0.15) is 16.8 Å². The Kier molecular flexibility index (Phi) is 4.40. The molecule has 154 valence electrons. The number of fused-ring (bicyclic) bond motifs is 2. The van der Waals surface area contributed by atoms with Crippen LogP contribution in [0, 0.1) is 17.1 Å². The second-order valence-corrected chi connectivity index (χ2v) is 7.25. The summed E-state index contributed by atoms with van der Waals surface area (Å²) < 4.78 is 21.6. The number of aromatic nitrogens is 4. The number of pyridine rings is 2. The molecule has 2 N–H and O–H groups in total. The van der Waals surface area contributed by atoms with Crippen LogP contribution >= 0.6 is 0 Å². The van der Waals surface area contributed by atoms with Crippen molar-refractivity contribution in [2.45, 2.75) is 13.0 Å². The Morgan fingerprint density at radius 2 is 2.23 bits per heavy atom. The smallest absolute Gasteiger partial charge is 0.248 e. The Balaban J connectivity index is 1.57. The maximum atomic E-state index is 14.5. The minimum absolute atomic E-state index is 0.225. The predicted octanol–water partition coefficient (Wildman–Crippen LogP) is 2.88. The van der Waals surface area contributed by atoms with E-state index in [-0.39, 0.29) is 23.6 Å². The quantitative estimate of drug-likeness (QED) is 0.530. The highest BCUT2D eigenvalue weighted by Crippen LogP contribution is 2.33. The molecule has 0 saturated heterocycles. The SMILES string of the molecule is Cn1nc(C#N)cc1-c1cnc(NCc2c(F)ccc3c2CCO3)c2c[nH]c(=O)cc12. The molecule has 3 aromatic heterocycles. The van der Waals surface area contributed by atoms with E-state index in [2.05, 4.69) is 20.4 Å². The van der Waals surface area contributed by atoms with Gasteiger partial charge in [0, 0.05) is 72.0 Å². The van der Waals surface area contributed by atoms with Crippen molar-refractivity contribution in [2.75, 3.05) is 11.9 Å². The van der Waals surface area contributed by atoms with Crippen molar-refractivity contribution in [2.24, 2.45) is 7.05 Å². The number of rotatable bonds is 4. The number of hydrogen-bond donors (Lipinski definition) is 2. The van der Waals surface area contributed by atoms with Gasteiger partial charge in [0.05, 0.1) is 12.3 Å². The van der Waals surface area contributed by atoms with Crippen LogP contribution in [0.15, 0.2) is 41.5 Å². The Morgan fingerprint density at radius 3 is 3.03 bits per heavy atom. The van der Waals surface area contributed by atoms with Gasteiger partial charge < -0.3 is 15.0 Å². The van der Waals surface area contributed by atoms with E-state index in [4.69, 9.17) is 10.00 Å². The van der Waals surface area contributed by atoms with Gasteiger partial charge in [0.25, 0.3) is 0 Å². The molecule has 4 aromatic rings. The summed E-state index contributed by atoms with van der Waals surface area (Å²) in [5, 5.41) is 17.8. The zero-order chi connectivity index (χ0) is 21.5. The van der Waals surface area contributed by atoms with Gasteiger partial charge in [-0.1, -0.05) is 0 Å². The van der Waals surface area contributed by atoms with E-state index in [1.54, 1.807) is 36.3 Å². The second-order valence-electron chi connectivity index (χ2n) is 7.25. The van der Waals surface area contributed by atoms with Crippen LogP contribution in [-0.2, 0) is 20.0 Å². The molecule has 0 bridgehead atoms. The predicted molar refractivity (Wildman–Crippen MR) is 112 cm³/mol. The van der Waals surface area contributed by atoms with E-state index in [0.29, 0.717) is 52.2 Å². The van der Waals surface area contributed by atoms with Gasteiger partial charge in [-0.2, -0.15) is 10.4 Å². The van der Waals surface area contributed by atoms with Gasteiger partial charge in [-0.3, -0.25) is 9.48 Å². The summed E-state index contributed by atoms with van der Waals surface area (Å²) >= 11 is 0. The molecule has 0 atom stereocenters. The van der Waals surface area contributed by atoms with Gasteiger partial charge in [0.15, 0.2) is 5.69 Å². The molecule has 8 nitrogen and oxygen atoms in total. The maximum absolute atomic E-state index is 14.5. The average Bonchev–Trinajstić information content (AvgIpc) is 3.39. The molecule has 9 heteroatoms. The average molecular weight is 416 g/mol. The van der Waals surface area contributed by atoms with Crippen molar-refractivity contribution < 1.29 is 9.13 Å². The maximum Gasteiger partial charge on any atom is 0.248 e. The number of H-pyrrole nitrogens is 1. The molecule has 5 rings (SSSR count). The monoisotopic (exact) mass is 416 g/mol. The van der Waals surface area contributed by atoms with Crippen molar-refractivity contribution in [1.82, 2.24) is 19.7 Å². The zero-order valence-electron chi connectivity index (χ0n) is 16.6. The lowest BCUT2D eigenvalue weighted by atomic mass is 10.0. The molecule has 1 aliphatic heterocycles. The lowest BCUT2D eigenvalue weighted by Gasteiger charge is -2.14. The Hall–Kier alpha value is -4.19. The fourth-order valence-corrected chi connectivity index (χ4v) is 3.96. The Morgan fingerprint density at radius 1 is 1.35 bits per heavy atom. The molecule has 4 heterocycles. The normalized spacial score (nSPS) is 12.4. The minimum atomic E-state index is -0.301. The lowest BCUT2D eigenvalue weighted by Crippen LogP contribution is -2.09. The summed E-state index contributed by atoms with van der Waals surface area (Å²) in [6.07, 6.45) is 3.86. The molecule has 1 aliphatic rings. The third-order valence-corrected chi connectivity index (χ3v) is 5.44. The first-order chi connectivity index (χ1) is 15.0. The van der Waals surface area contributed by atoms with Gasteiger partial charge in [-0.15, -0.1) is 0 Å². The molecule has 31 heavy (non-hydrogen) atoms. The topological polar surface area (TPSA) is 109 Å². The Labute approximate surface area is 175 Å². The van der Waals surface area contributed by atoms with Crippen molar-refractivity contribution in [1.29, 1.82) is 5.26 Å². The van der Waals surface area contributed by atoms with E-state index >= 15 is 0 Å². The lowest BCUT2D eigenvalue weighted by molar-refractivity contribution is 0.356. The van der Waals surface area contributed by atoms with Gasteiger partial charge in [0.1, 0.15) is 23.5 Å². The van der Waals surface area contributed by atoms with Crippen LogP contribution in [0.5, 0.6) is 5.75 Å². The summed E-state index contributed by atoms with van der Waals surface area (Å²) in [6, 6.07) is 8.19. The third kappa shape index (κ3) is 3.18. The highest BCUT2D eigenvalue weighted by Gasteiger charge is 2.20. The van der Waals surface area contributed by atoms with Crippen molar-refractivity contribution >= 4 is 16.6 Å². The number of aryl methyl sites for hydroxylation is 1. The standard InChI is InChI=1S/C22H17FN6O2/c1-29-19(6-12(8-24)28-29)16-10-27-22(17-11-25-21(30)7-14(16)17)26-9-15-13-4-5-31-20(13)3-2-18(15)23/h2-3,6-7,10-11H,4-5,9H2,1H3,(H,25,30)(H,26,27). The number of nitriles is 1. The molecule has 0 spiro atoms. The van der Waals surface area contributed by atoms with E-state index < -0.39 is 0 Å². The van der Waals surface area contributed by atoms with Crippen molar-refractivity contribution in [3.63, 3.8) is 0 Å². The molecule has 0 fully saturated rings. The number of nitrogens with one attached hydrogen (secondary N) is 2. The number of anilines is 1. The number of hydrogen-bond acceptors (Lipinski definition) is 6. The van der Waals surface area contributed by atoms with Crippen LogP contribution in [-0.4, -0.2) is 26.4 Å². The molecular formula is C22H17FN6O2. The number of aromatic amines is 1. The summed E-state index contributed by atoms with van der Waals surface area (Å²) in [6.45, 7) is 0.765. The van der Waals surface area contributed by atoms with Crippen LogP contribution in [0.2, 0.25) is 0 Å². The minimum Gasteiger partial charge on any atom is -0.493 e. The number of halogens is 1. The first-order valence-corrected chi connectivity index (χ1v) is 9.68. The molecule has 0 amide bonds. The fraction of sp³-hybridized carbons (Fsp3) is 0.182. The fourth-order valence-electron chi connectivity index (χ4n) is 3.96. The van der Waals surface area contributed by atoms with Crippen LogP contribution in [0.25, 0.3) is 22.0 Å². The van der Waals surface area contributed by atoms with Gasteiger partial charge in [-0.05, 0) is 12.1 Å². The molecule has 0 unspecified atom stereocenters.